The molecule has 21 heavy (non-hydrogen) atoms. The summed E-state index contributed by atoms with van der Waals surface area (Å²) in [7, 11) is 0. The predicted octanol–water partition coefficient (Wildman–Crippen LogP) is 1.41. The van der Waals surface area contributed by atoms with Gasteiger partial charge in [-0.15, -0.1) is 11.3 Å². The molecule has 1 heterocycles. The van der Waals surface area contributed by atoms with Crippen LogP contribution in [-0.2, 0) is 11.2 Å². The maximum atomic E-state index is 12.1. The Labute approximate surface area is 130 Å². The van der Waals surface area contributed by atoms with E-state index in [1.54, 1.807) is 11.3 Å². The third kappa shape index (κ3) is 4.49. The SMILES string of the molecule is CC(C)c1csc(CCNC(=O)[C@H]2CC[C@@H](O)[C@H](N)C2)n1. The van der Waals surface area contributed by atoms with Crippen LogP contribution in [0.3, 0.4) is 0 Å². The van der Waals surface area contributed by atoms with E-state index in [0.29, 0.717) is 25.3 Å². The van der Waals surface area contributed by atoms with Gasteiger partial charge < -0.3 is 16.2 Å². The van der Waals surface area contributed by atoms with Crippen molar-refractivity contribution in [3.05, 3.63) is 16.1 Å². The molecule has 0 radical (unpaired) electrons. The molecule has 1 aromatic rings. The summed E-state index contributed by atoms with van der Waals surface area (Å²) in [5.41, 5.74) is 6.94. The first-order valence-corrected chi connectivity index (χ1v) is 8.51. The van der Waals surface area contributed by atoms with Gasteiger partial charge in [0.05, 0.1) is 16.8 Å². The number of carbonyl (C=O) groups is 1. The van der Waals surface area contributed by atoms with Crippen LogP contribution in [0.4, 0.5) is 0 Å². The molecule has 0 unspecified atom stereocenters. The topological polar surface area (TPSA) is 88.2 Å². The van der Waals surface area contributed by atoms with Gasteiger partial charge >= 0.3 is 0 Å². The molecular formula is C15H25N3O2S. The Morgan fingerprint density at radius 1 is 1.57 bits per heavy atom. The normalized spacial score (nSPS) is 26.0. The molecule has 6 heteroatoms. The van der Waals surface area contributed by atoms with Gasteiger partial charge in [-0.2, -0.15) is 0 Å². The first-order valence-electron chi connectivity index (χ1n) is 7.63. The van der Waals surface area contributed by atoms with Crippen LogP contribution < -0.4 is 11.1 Å². The smallest absolute Gasteiger partial charge is 0.223 e. The summed E-state index contributed by atoms with van der Waals surface area (Å²) in [6.07, 6.45) is 2.21. The Hall–Kier alpha value is -0.980. The highest BCUT2D eigenvalue weighted by Crippen LogP contribution is 2.23. The number of aliphatic hydroxyl groups is 1. The second-order valence-corrected chi connectivity index (χ2v) is 7.05. The van der Waals surface area contributed by atoms with Crippen molar-refractivity contribution in [3.8, 4) is 0 Å². The lowest BCUT2D eigenvalue weighted by atomic mass is 9.84. The largest absolute Gasteiger partial charge is 0.392 e. The summed E-state index contributed by atoms with van der Waals surface area (Å²) in [5.74, 6) is 0.434. The molecular weight excluding hydrogens is 286 g/mol. The minimum Gasteiger partial charge on any atom is -0.392 e. The summed E-state index contributed by atoms with van der Waals surface area (Å²) in [6, 6.07) is -0.276. The van der Waals surface area contributed by atoms with Crippen LogP contribution in [0.25, 0.3) is 0 Å². The van der Waals surface area contributed by atoms with Crippen molar-refractivity contribution < 1.29 is 9.90 Å². The molecule has 1 amide bonds. The quantitative estimate of drug-likeness (QED) is 0.767. The Kier molecular flexibility index (Phi) is 5.72. The standard InChI is InChI=1S/C15H25N3O2S/c1-9(2)12-8-21-14(18-12)5-6-17-15(20)10-3-4-13(19)11(16)7-10/h8-11,13,19H,3-7,16H2,1-2H3,(H,17,20)/t10-,11+,13+/m0/s1. The third-order valence-electron chi connectivity index (χ3n) is 4.03. The second kappa shape index (κ2) is 7.33. The Morgan fingerprint density at radius 3 is 2.95 bits per heavy atom. The number of hydrogen-bond acceptors (Lipinski definition) is 5. The van der Waals surface area contributed by atoms with E-state index in [2.05, 4.69) is 29.5 Å². The monoisotopic (exact) mass is 311 g/mol. The van der Waals surface area contributed by atoms with Crippen molar-refractivity contribution in [2.45, 2.75) is 57.6 Å². The van der Waals surface area contributed by atoms with E-state index in [9.17, 15) is 9.90 Å². The van der Waals surface area contributed by atoms with Gasteiger partial charge in [0, 0.05) is 30.3 Å². The zero-order chi connectivity index (χ0) is 15.4. The van der Waals surface area contributed by atoms with E-state index in [0.717, 1.165) is 23.5 Å². The zero-order valence-corrected chi connectivity index (χ0v) is 13.5. The van der Waals surface area contributed by atoms with Crippen molar-refractivity contribution in [1.29, 1.82) is 0 Å². The highest BCUT2D eigenvalue weighted by molar-refractivity contribution is 7.09. The molecule has 1 fully saturated rings. The van der Waals surface area contributed by atoms with Crippen molar-refractivity contribution in [2.24, 2.45) is 11.7 Å². The van der Waals surface area contributed by atoms with Crippen molar-refractivity contribution in [1.82, 2.24) is 10.3 Å². The lowest BCUT2D eigenvalue weighted by Crippen LogP contribution is -2.45. The summed E-state index contributed by atoms with van der Waals surface area (Å²) in [4.78, 5) is 16.6. The second-order valence-electron chi connectivity index (χ2n) is 6.10. The number of amides is 1. The molecule has 1 aliphatic rings. The molecule has 3 atom stereocenters. The van der Waals surface area contributed by atoms with Crippen LogP contribution in [0.2, 0.25) is 0 Å². The van der Waals surface area contributed by atoms with Crippen molar-refractivity contribution in [3.63, 3.8) is 0 Å². The molecule has 0 aromatic carbocycles. The molecule has 2 rings (SSSR count). The van der Waals surface area contributed by atoms with Crippen LogP contribution in [0.5, 0.6) is 0 Å². The summed E-state index contributed by atoms with van der Waals surface area (Å²) in [5, 5.41) is 15.7. The molecule has 1 aromatic heterocycles. The minimum atomic E-state index is -0.459. The third-order valence-corrected chi connectivity index (χ3v) is 4.96. The van der Waals surface area contributed by atoms with Crippen molar-refractivity contribution in [2.75, 3.05) is 6.54 Å². The number of carbonyl (C=O) groups excluding carboxylic acids is 1. The zero-order valence-electron chi connectivity index (χ0n) is 12.7. The Balaban J connectivity index is 1.74. The average Bonchev–Trinajstić information content (AvgIpc) is 2.91. The molecule has 0 spiro atoms. The number of thiazole rings is 1. The van der Waals surface area contributed by atoms with Crippen LogP contribution in [0.15, 0.2) is 5.38 Å². The van der Waals surface area contributed by atoms with Crippen LogP contribution >= 0.6 is 11.3 Å². The van der Waals surface area contributed by atoms with E-state index in [1.165, 1.54) is 0 Å². The highest BCUT2D eigenvalue weighted by Gasteiger charge is 2.30. The molecule has 0 bridgehead atoms. The number of aromatic nitrogens is 1. The fraction of sp³-hybridized carbons (Fsp3) is 0.733. The molecule has 4 N–H and O–H groups in total. The van der Waals surface area contributed by atoms with Gasteiger partial charge in [0.2, 0.25) is 5.91 Å². The molecule has 1 aliphatic carbocycles. The fourth-order valence-electron chi connectivity index (χ4n) is 2.57. The number of nitrogens with zero attached hydrogens (tertiary/aromatic N) is 1. The van der Waals surface area contributed by atoms with Crippen LogP contribution in [0, 0.1) is 5.92 Å². The van der Waals surface area contributed by atoms with Gasteiger partial charge in [0.25, 0.3) is 0 Å². The van der Waals surface area contributed by atoms with E-state index in [-0.39, 0.29) is 17.9 Å². The summed E-state index contributed by atoms with van der Waals surface area (Å²) < 4.78 is 0. The van der Waals surface area contributed by atoms with E-state index >= 15 is 0 Å². The van der Waals surface area contributed by atoms with Gasteiger partial charge in [0.1, 0.15) is 0 Å². The van der Waals surface area contributed by atoms with Gasteiger partial charge in [-0.1, -0.05) is 13.8 Å². The molecule has 5 nitrogen and oxygen atoms in total. The molecule has 1 saturated carbocycles. The van der Waals surface area contributed by atoms with Crippen molar-refractivity contribution >= 4 is 17.2 Å². The van der Waals surface area contributed by atoms with E-state index < -0.39 is 6.10 Å². The average molecular weight is 311 g/mol. The number of aliphatic hydroxyl groups excluding tert-OH is 1. The highest BCUT2D eigenvalue weighted by atomic mass is 32.1. The van der Waals surface area contributed by atoms with Gasteiger partial charge in [-0.05, 0) is 25.2 Å². The van der Waals surface area contributed by atoms with Gasteiger partial charge in [-0.25, -0.2) is 4.98 Å². The van der Waals surface area contributed by atoms with E-state index in [1.807, 2.05) is 0 Å². The number of nitrogens with one attached hydrogen (secondary N) is 1. The Morgan fingerprint density at radius 2 is 2.33 bits per heavy atom. The van der Waals surface area contributed by atoms with Crippen LogP contribution in [-0.4, -0.2) is 34.7 Å². The Bertz CT molecular complexity index is 475. The van der Waals surface area contributed by atoms with Crippen LogP contribution in [0.1, 0.15) is 49.7 Å². The van der Waals surface area contributed by atoms with Gasteiger partial charge in [0.15, 0.2) is 0 Å². The number of hydrogen-bond donors (Lipinski definition) is 3. The number of nitrogens with two attached hydrogens (primary N) is 1. The minimum absolute atomic E-state index is 0.0537. The summed E-state index contributed by atoms with van der Waals surface area (Å²) >= 11 is 1.65. The number of rotatable bonds is 5. The predicted molar refractivity (Wildman–Crippen MR) is 84.2 cm³/mol. The first-order chi connectivity index (χ1) is 9.97. The summed E-state index contributed by atoms with van der Waals surface area (Å²) in [6.45, 7) is 4.86. The molecule has 0 saturated heterocycles. The lowest BCUT2D eigenvalue weighted by molar-refractivity contribution is -0.126. The lowest BCUT2D eigenvalue weighted by Gasteiger charge is -2.29. The van der Waals surface area contributed by atoms with E-state index in [4.69, 9.17) is 5.73 Å². The maximum Gasteiger partial charge on any atom is 0.223 e. The fourth-order valence-corrected chi connectivity index (χ4v) is 3.53. The molecule has 0 aliphatic heterocycles. The maximum absolute atomic E-state index is 12.1. The first kappa shape index (κ1) is 16.4. The molecule has 118 valence electrons. The van der Waals surface area contributed by atoms with Gasteiger partial charge in [-0.3, -0.25) is 4.79 Å².